The molecule has 2 heterocycles. The van der Waals surface area contributed by atoms with Crippen LogP contribution in [-0.4, -0.2) is 37.7 Å². The van der Waals surface area contributed by atoms with E-state index >= 15 is 0 Å². The molecule has 16 heteroatoms. The van der Waals surface area contributed by atoms with E-state index in [-0.39, 0.29) is 17.8 Å². The van der Waals surface area contributed by atoms with Crippen molar-refractivity contribution in [2.75, 3.05) is 18.2 Å². The SMILES string of the molecule is CSn1cc(C#Cn2ccn(-c3cc(C(F)(F)F)cc(C(F)(F)F)c3OC(=O)N(C)c3ccc(F)cc3)c2=O)cn1. The molecule has 1 amide bonds. The molecule has 8 nitrogen and oxygen atoms in total. The Labute approximate surface area is 230 Å². The number of halogens is 7. The van der Waals surface area contributed by atoms with Crippen molar-refractivity contribution in [2.24, 2.45) is 0 Å². The number of alkyl halides is 6. The summed E-state index contributed by atoms with van der Waals surface area (Å²) in [4.78, 5) is 26.6. The van der Waals surface area contributed by atoms with Crippen molar-refractivity contribution in [1.82, 2.24) is 18.3 Å². The second-order valence-electron chi connectivity index (χ2n) is 8.14. The van der Waals surface area contributed by atoms with E-state index in [4.69, 9.17) is 4.74 Å². The van der Waals surface area contributed by atoms with Crippen LogP contribution >= 0.6 is 11.9 Å². The van der Waals surface area contributed by atoms with Crippen LogP contribution in [0.4, 0.5) is 41.2 Å². The van der Waals surface area contributed by atoms with E-state index in [1.54, 1.807) is 6.26 Å². The molecule has 4 aromatic rings. The van der Waals surface area contributed by atoms with Crippen molar-refractivity contribution >= 4 is 23.7 Å². The first-order valence-corrected chi connectivity index (χ1v) is 12.3. The molecule has 0 aliphatic heterocycles. The second-order valence-corrected chi connectivity index (χ2v) is 8.88. The number of carbonyl (C=O) groups excluding carboxylic acids is 1. The summed E-state index contributed by atoms with van der Waals surface area (Å²) >= 11 is 1.25. The van der Waals surface area contributed by atoms with E-state index in [1.165, 1.54) is 28.4 Å². The molecule has 0 spiro atoms. The third kappa shape index (κ3) is 6.40. The maximum Gasteiger partial charge on any atom is 0.420 e. The first-order valence-electron chi connectivity index (χ1n) is 11.1. The smallest absolute Gasteiger partial charge is 0.407 e. The van der Waals surface area contributed by atoms with Crippen LogP contribution in [0.2, 0.25) is 0 Å². The summed E-state index contributed by atoms with van der Waals surface area (Å²) < 4.78 is 104. The van der Waals surface area contributed by atoms with Crippen LogP contribution in [0.15, 0.2) is 66.0 Å². The van der Waals surface area contributed by atoms with Crippen molar-refractivity contribution in [1.29, 1.82) is 0 Å². The zero-order chi connectivity index (χ0) is 30.1. The molecule has 0 saturated heterocycles. The molecule has 0 N–H and O–H groups in total. The number of imidazole rings is 1. The van der Waals surface area contributed by atoms with Crippen molar-refractivity contribution in [3.63, 3.8) is 0 Å². The predicted molar refractivity (Wildman–Crippen MR) is 134 cm³/mol. The van der Waals surface area contributed by atoms with E-state index in [0.717, 1.165) is 48.3 Å². The van der Waals surface area contributed by atoms with Crippen LogP contribution in [0.1, 0.15) is 16.7 Å². The Kier molecular flexibility index (Phi) is 7.93. The molecule has 0 saturated carbocycles. The van der Waals surface area contributed by atoms with Crippen LogP contribution in [0.5, 0.6) is 5.75 Å². The van der Waals surface area contributed by atoms with Gasteiger partial charge in [0.25, 0.3) is 0 Å². The van der Waals surface area contributed by atoms with Crippen LogP contribution in [0, 0.1) is 17.8 Å². The van der Waals surface area contributed by atoms with Gasteiger partial charge in [-0.05, 0) is 54.3 Å². The Morgan fingerprint density at radius 3 is 2.32 bits per heavy atom. The first-order chi connectivity index (χ1) is 19.2. The summed E-state index contributed by atoms with van der Waals surface area (Å²) in [7, 11) is 1.09. The summed E-state index contributed by atoms with van der Waals surface area (Å²) in [5.41, 5.74) is -5.50. The number of hydrogen-bond acceptors (Lipinski definition) is 5. The summed E-state index contributed by atoms with van der Waals surface area (Å²) in [5.74, 6) is 0.576. The third-order valence-electron chi connectivity index (χ3n) is 5.48. The highest BCUT2D eigenvalue weighted by Gasteiger charge is 2.42. The molecular formula is C25H16F7N5O3S. The summed E-state index contributed by atoms with van der Waals surface area (Å²) in [5, 5.41) is 3.97. The topological polar surface area (TPSA) is 74.3 Å². The second kappa shape index (κ2) is 11.1. The number of benzene rings is 2. The minimum Gasteiger partial charge on any atom is -0.407 e. The lowest BCUT2D eigenvalue weighted by molar-refractivity contribution is -0.143. The molecule has 0 aliphatic carbocycles. The fraction of sp³-hybridized carbons (Fsp3) is 0.160. The van der Waals surface area contributed by atoms with Crippen molar-refractivity contribution in [3.8, 4) is 23.4 Å². The highest BCUT2D eigenvalue weighted by molar-refractivity contribution is 7.97. The van der Waals surface area contributed by atoms with Gasteiger partial charge in [-0.1, -0.05) is 0 Å². The number of amides is 1. The van der Waals surface area contributed by atoms with E-state index in [9.17, 15) is 40.3 Å². The number of hydrogen-bond donors (Lipinski definition) is 0. The lowest BCUT2D eigenvalue weighted by Crippen LogP contribution is -2.31. The van der Waals surface area contributed by atoms with Gasteiger partial charge in [-0.25, -0.2) is 22.6 Å². The minimum atomic E-state index is -5.44. The number of rotatable bonds is 4. The summed E-state index contributed by atoms with van der Waals surface area (Å²) in [6.07, 6.45) is -5.63. The standard InChI is InChI=1S/C25H16F7N5O3S/c1-34(18-5-3-17(26)4-6-18)23(39)40-21-19(25(30,31)32)11-16(24(27,28)29)12-20(21)36-10-9-35(22(36)38)8-7-15-13-33-37(14-15)41-2/h3-6,9-14H,1-2H3. The highest BCUT2D eigenvalue weighted by atomic mass is 32.2. The zero-order valence-corrected chi connectivity index (χ0v) is 21.6. The molecule has 0 radical (unpaired) electrons. The Balaban J connectivity index is 1.85. The van der Waals surface area contributed by atoms with Crippen molar-refractivity contribution < 1.29 is 40.3 Å². The van der Waals surface area contributed by atoms with Gasteiger partial charge in [-0.2, -0.15) is 31.4 Å². The normalized spacial score (nSPS) is 11.6. The van der Waals surface area contributed by atoms with Gasteiger partial charge in [0.2, 0.25) is 0 Å². The monoisotopic (exact) mass is 599 g/mol. The number of ether oxygens (including phenoxy) is 1. The number of nitrogens with zero attached hydrogens (tertiary/aromatic N) is 5. The lowest BCUT2D eigenvalue weighted by atomic mass is 10.1. The van der Waals surface area contributed by atoms with E-state index < -0.39 is 52.5 Å². The summed E-state index contributed by atoms with van der Waals surface area (Å²) in [6.45, 7) is 0. The van der Waals surface area contributed by atoms with Crippen LogP contribution < -0.4 is 15.3 Å². The molecule has 2 aromatic carbocycles. The maximum atomic E-state index is 14.0. The Hall–Kier alpha value is -4.65. The van der Waals surface area contributed by atoms with E-state index in [2.05, 4.69) is 17.1 Å². The van der Waals surface area contributed by atoms with E-state index in [0.29, 0.717) is 15.0 Å². The number of carbonyl (C=O) groups is 1. The zero-order valence-electron chi connectivity index (χ0n) is 20.8. The molecule has 214 valence electrons. The van der Waals surface area contributed by atoms with Crippen LogP contribution in [0.3, 0.4) is 0 Å². The van der Waals surface area contributed by atoms with Crippen LogP contribution in [-0.2, 0) is 12.4 Å². The fourth-order valence-electron chi connectivity index (χ4n) is 3.44. The molecular weight excluding hydrogens is 583 g/mol. The largest absolute Gasteiger partial charge is 0.420 e. The summed E-state index contributed by atoms with van der Waals surface area (Å²) in [6, 6.07) is 6.65. The van der Waals surface area contributed by atoms with Gasteiger partial charge in [0.05, 0.1) is 29.2 Å². The molecule has 41 heavy (non-hydrogen) atoms. The Morgan fingerprint density at radius 2 is 1.73 bits per heavy atom. The highest BCUT2D eigenvalue weighted by Crippen LogP contribution is 2.44. The van der Waals surface area contributed by atoms with Gasteiger partial charge < -0.3 is 4.74 Å². The molecule has 0 fully saturated rings. The van der Waals surface area contributed by atoms with Gasteiger partial charge in [0.1, 0.15) is 11.4 Å². The molecule has 0 atom stereocenters. The van der Waals surface area contributed by atoms with Gasteiger partial charge in [-0.3, -0.25) is 9.47 Å². The van der Waals surface area contributed by atoms with Gasteiger partial charge in [-0.15, -0.1) is 0 Å². The fourth-order valence-corrected chi connectivity index (χ4v) is 3.80. The average molecular weight is 599 g/mol. The lowest BCUT2D eigenvalue weighted by Gasteiger charge is -2.22. The molecule has 0 unspecified atom stereocenters. The first kappa shape index (κ1) is 29.3. The van der Waals surface area contributed by atoms with Gasteiger partial charge in [0, 0.05) is 37.4 Å². The Morgan fingerprint density at radius 1 is 1.05 bits per heavy atom. The molecule has 0 aliphatic rings. The quantitative estimate of drug-likeness (QED) is 0.225. The number of anilines is 1. The average Bonchev–Trinajstić information content (AvgIpc) is 3.52. The molecule has 4 rings (SSSR count). The van der Waals surface area contributed by atoms with Crippen molar-refractivity contribution in [3.05, 3.63) is 94.2 Å². The Bertz CT molecular complexity index is 1710. The third-order valence-corrected chi connectivity index (χ3v) is 6.06. The number of aromatic nitrogens is 4. The minimum absolute atomic E-state index is 0.00168. The van der Waals surface area contributed by atoms with Gasteiger partial charge >= 0.3 is 24.1 Å². The molecule has 0 bridgehead atoms. The maximum absolute atomic E-state index is 14.0. The van der Waals surface area contributed by atoms with E-state index in [1.807, 2.05) is 0 Å². The van der Waals surface area contributed by atoms with Gasteiger partial charge in [0.15, 0.2) is 5.75 Å². The molecule has 2 aromatic heterocycles. The predicted octanol–water partition coefficient (Wildman–Crippen LogP) is 5.63. The van der Waals surface area contributed by atoms with Crippen molar-refractivity contribution in [2.45, 2.75) is 12.4 Å². The van der Waals surface area contributed by atoms with Crippen LogP contribution in [0.25, 0.3) is 5.69 Å².